The minimum atomic E-state index is -5.96. The van der Waals surface area contributed by atoms with E-state index >= 15 is 0 Å². The first-order chi connectivity index (χ1) is 22.9. The Morgan fingerprint density at radius 3 is 2.22 bits per heavy atom. The highest BCUT2D eigenvalue weighted by Crippen LogP contribution is 2.45. The van der Waals surface area contributed by atoms with E-state index in [1.54, 1.807) is 7.11 Å². The van der Waals surface area contributed by atoms with Crippen molar-refractivity contribution in [2.45, 2.75) is 146 Å². The number of aromatic nitrogens is 1. The smallest absolute Gasteiger partial charge is 0.445 e. The van der Waals surface area contributed by atoms with Crippen molar-refractivity contribution in [2.75, 3.05) is 14.2 Å². The van der Waals surface area contributed by atoms with Gasteiger partial charge in [-0.3, -0.25) is 0 Å². The van der Waals surface area contributed by atoms with Crippen LogP contribution in [0.15, 0.2) is 46.3 Å². The quantitative estimate of drug-likeness (QED) is 0.0676. The molecule has 0 saturated carbocycles. The molecule has 0 bridgehead atoms. The number of hydrogen-bond donors (Lipinski definition) is 1. The summed E-state index contributed by atoms with van der Waals surface area (Å²) in [6.45, 7) is 21.8. The van der Waals surface area contributed by atoms with E-state index in [4.69, 9.17) is 23.1 Å². The van der Waals surface area contributed by atoms with Crippen LogP contribution in [0.3, 0.4) is 0 Å². The van der Waals surface area contributed by atoms with Gasteiger partial charge in [0.15, 0.2) is 12.1 Å². The van der Waals surface area contributed by atoms with Crippen molar-refractivity contribution >= 4 is 26.5 Å². The molecule has 2 heterocycles. The van der Waals surface area contributed by atoms with Gasteiger partial charge in [0.1, 0.15) is 0 Å². The number of hydrogen-bond acceptors (Lipinski definition) is 10. The second kappa shape index (κ2) is 17.8. The van der Waals surface area contributed by atoms with Crippen molar-refractivity contribution in [3.8, 4) is 5.88 Å². The molecule has 16 heteroatoms. The van der Waals surface area contributed by atoms with Crippen LogP contribution >= 0.6 is 0 Å². The molecule has 2 rings (SSSR count). The number of aliphatic hydroxyl groups is 1. The summed E-state index contributed by atoms with van der Waals surface area (Å²) in [7, 11) is -6.63. The van der Waals surface area contributed by atoms with Gasteiger partial charge >= 0.3 is 15.6 Å². The van der Waals surface area contributed by atoms with E-state index in [0.717, 1.165) is 12.0 Å². The standard InChI is InChI=1S/C34H58F3NO9SSi2/c1-23(2)50(24(3)4,25(5)6)47-30(18-26(7)15-16-27(42-8)14-13-17-49(10,11)12)29-19-28(43-9)20-33(39,45-29)21-31-38-32(22-44-31)46-48(40,41)34(35,36)37/h13,15-18,22-25,27-30,39H,14,19-21H2,1-12H3/b16-15+,17-13+,26-18+/t27-,28-,29-,30-,33?/m1/s1. The highest BCUT2D eigenvalue weighted by atomic mass is 32.2. The molecule has 1 N–H and O–H groups in total. The molecule has 0 spiro atoms. The summed E-state index contributed by atoms with van der Waals surface area (Å²) >= 11 is 0. The third-order valence-electron chi connectivity index (χ3n) is 8.89. The molecule has 1 saturated heterocycles. The predicted octanol–water partition coefficient (Wildman–Crippen LogP) is 8.23. The summed E-state index contributed by atoms with van der Waals surface area (Å²) in [6, 6.07) is 0. The van der Waals surface area contributed by atoms with Gasteiger partial charge in [0.2, 0.25) is 14.2 Å². The van der Waals surface area contributed by atoms with Crippen molar-refractivity contribution in [1.29, 1.82) is 0 Å². The minimum Gasteiger partial charge on any atom is -0.445 e. The molecule has 50 heavy (non-hydrogen) atoms. The fourth-order valence-electron chi connectivity index (χ4n) is 6.62. The predicted molar refractivity (Wildman–Crippen MR) is 192 cm³/mol. The first-order valence-corrected chi connectivity index (χ1v) is 24.1. The Morgan fingerprint density at radius 2 is 1.72 bits per heavy atom. The lowest BCUT2D eigenvalue weighted by molar-refractivity contribution is -0.285. The molecule has 1 aromatic heterocycles. The van der Waals surface area contributed by atoms with E-state index in [1.165, 1.54) is 7.11 Å². The van der Waals surface area contributed by atoms with Gasteiger partial charge in [0.25, 0.3) is 5.88 Å². The number of oxazole rings is 1. The van der Waals surface area contributed by atoms with Gasteiger partial charge in [-0.25, -0.2) is 0 Å². The maximum absolute atomic E-state index is 12.8. The van der Waals surface area contributed by atoms with E-state index in [2.05, 4.69) is 82.1 Å². The van der Waals surface area contributed by atoms with E-state index in [1.807, 2.05) is 25.2 Å². The van der Waals surface area contributed by atoms with E-state index in [9.17, 15) is 26.7 Å². The van der Waals surface area contributed by atoms with Crippen molar-refractivity contribution < 1.29 is 53.9 Å². The topological polar surface area (TPSA) is 127 Å². The number of ether oxygens (including phenoxy) is 3. The van der Waals surface area contributed by atoms with Crippen LogP contribution in [0.25, 0.3) is 0 Å². The number of halogens is 3. The minimum absolute atomic E-state index is 0.0175. The van der Waals surface area contributed by atoms with E-state index < -0.39 is 68.4 Å². The third-order valence-corrected chi connectivity index (χ3v) is 17.2. The maximum Gasteiger partial charge on any atom is 0.534 e. The van der Waals surface area contributed by atoms with Crippen LogP contribution in [0.1, 0.15) is 73.6 Å². The van der Waals surface area contributed by atoms with Crippen LogP contribution in [0.4, 0.5) is 13.2 Å². The Kier molecular flexibility index (Phi) is 15.8. The first kappa shape index (κ1) is 44.4. The lowest BCUT2D eigenvalue weighted by Gasteiger charge is -2.48. The Hall–Kier alpha value is -1.80. The summed E-state index contributed by atoms with van der Waals surface area (Å²) in [5.74, 6) is -3.16. The zero-order chi connectivity index (χ0) is 38.3. The van der Waals surface area contributed by atoms with Crippen molar-refractivity contribution in [1.82, 2.24) is 4.98 Å². The Balaban J connectivity index is 2.51. The highest BCUT2D eigenvalue weighted by Gasteiger charge is 2.51. The Morgan fingerprint density at radius 1 is 1.12 bits per heavy atom. The zero-order valence-electron chi connectivity index (χ0n) is 31.5. The molecule has 0 amide bonds. The van der Waals surface area contributed by atoms with Gasteiger partial charge in [0, 0.05) is 27.1 Å². The fraction of sp³-hybridized carbons (Fsp3) is 0.735. The number of alkyl halides is 3. The average molecular weight is 770 g/mol. The molecule has 10 nitrogen and oxygen atoms in total. The maximum atomic E-state index is 12.8. The SMILES string of the molecule is CO[C@@H]1C[C@H]([C@@H](/C=C(C)/C=C/[C@@H](C/C=C/[Si](C)(C)C)OC)O[Si](C(C)C)(C(C)C)C(C)C)OC(O)(Cc2nc(OS(=O)(=O)C(F)(F)F)co2)C1. The second-order valence-corrected chi connectivity index (χ2v) is 27.1. The summed E-state index contributed by atoms with van der Waals surface area (Å²) < 4.78 is 95.8. The molecule has 1 aliphatic heterocycles. The molecule has 1 aromatic rings. The normalized spacial score (nSPS) is 23.1. The summed E-state index contributed by atoms with van der Waals surface area (Å²) in [5, 5.41) is 11.8. The van der Waals surface area contributed by atoms with Gasteiger partial charge in [0.05, 0.1) is 38.9 Å². The second-order valence-electron chi connectivity index (χ2n) is 15.1. The van der Waals surface area contributed by atoms with Crippen LogP contribution in [-0.2, 0) is 35.2 Å². The third kappa shape index (κ3) is 12.4. The van der Waals surface area contributed by atoms with Gasteiger partial charge in [-0.1, -0.05) is 96.8 Å². The Labute approximate surface area is 298 Å². The highest BCUT2D eigenvalue weighted by molar-refractivity contribution is 7.87. The average Bonchev–Trinajstić information content (AvgIpc) is 3.39. The lowest BCUT2D eigenvalue weighted by atomic mass is 9.93. The summed E-state index contributed by atoms with van der Waals surface area (Å²) in [5.41, 5.74) is -1.74. The molecule has 1 unspecified atom stereocenters. The first-order valence-electron chi connectivity index (χ1n) is 17.0. The number of nitrogens with zero attached hydrogens (tertiary/aromatic N) is 1. The van der Waals surface area contributed by atoms with Crippen LogP contribution in [0.5, 0.6) is 5.88 Å². The largest absolute Gasteiger partial charge is 0.534 e. The van der Waals surface area contributed by atoms with Crippen molar-refractivity contribution in [3.05, 3.63) is 47.7 Å². The van der Waals surface area contributed by atoms with Gasteiger partial charge < -0.3 is 32.3 Å². The van der Waals surface area contributed by atoms with Crippen LogP contribution in [0.2, 0.25) is 36.3 Å². The molecule has 288 valence electrons. The van der Waals surface area contributed by atoms with Gasteiger partial charge in [-0.05, 0) is 30.0 Å². The molecule has 1 fully saturated rings. The van der Waals surface area contributed by atoms with Gasteiger partial charge in [-0.15, -0.1) is 0 Å². The number of methoxy groups -OCH3 is 2. The summed E-state index contributed by atoms with van der Waals surface area (Å²) in [4.78, 5) is 3.72. The van der Waals surface area contributed by atoms with Crippen molar-refractivity contribution in [3.63, 3.8) is 0 Å². The van der Waals surface area contributed by atoms with Gasteiger partial charge in [-0.2, -0.15) is 26.6 Å². The lowest BCUT2D eigenvalue weighted by Crippen LogP contribution is -2.56. The Bertz CT molecular complexity index is 1400. The molecule has 0 radical (unpaired) electrons. The van der Waals surface area contributed by atoms with Crippen molar-refractivity contribution in [2.24, 2.45) is 0 Å². The zero-order valence-corrected chi connectivity index (χ0v) is 34.4. The number of allylic oxidation sites excluding steroid dienone is 2. The monoisotopic (exact) mass is 769 g/mol. The molecule has 5 atom stereocenters. The van der Waals surface area contributed by atoms with E-state index in [0.29, 0.717) is 12.7 Å². The molecule has 0 aromatic carbocycles. The van der Waals surface area contributed by atoms with Crippen LogP contribution in [-0.4, -0.2) is 84.8 Å². The number of rotatable bonds is 18. The molecule has 1 aliphatic rings. The molecule has 0 aliphatic carbocycles. The van der Waals surface area contributed by atoms with E-state index in [-0.39, 0.29) is 35.0 Å². The summed E-state index contributed by atoms with van der Waals surface area (Å²) in [6.07, 6.45) is 7.52. The van der Waals surface area contributed by atoms with Crippen LogP contribution in [0, 0.1) is 0 Å². The fourth-order valence-corrected chi connectivity index (χ4v) is 13.4. The molecular formula is C34H58F3NO9SSi2. The van der Waals surface area contributed by atoms with Crippen LogP contribution < -0.4 is 4.18 Å². The molecular weight excluding hydrogens is 712 g/mol.